The molecule has 2 rings (SSSR count). The van der Waals surface area contributed by atoms with Gasteiger partial charge < -0.3 is 21.1 Å². The molecule has 2 unspecified atom stereocenters. The number of sulfonamides is 1. The van der Waals surface area contributed by atoms with E-state index in [1.807, 2.05) is 6.92 Å². The van der Waals surface area contributed by atoms with Crippen LogP contribution >= 0.6 is 0 Å². The third-order valence-corrected chi connectivity index (χ3v) is 6.79. The molecule has 1 fully saturated rings. The number of rotatable bonds is 9. The van der Waals surface area contributed by atoms with Gasteiger partial charge >= 0.3 is 5.97 Å². The Balaban J connectivity index is 1.91. The van der Waals surface area contributed by atoms with E-state index in [0.717, 1.165) is 5.56 Å². The Labute approximate surface area is 186 Å². The van der Waals surface area contributed by atoms with Gasteiger partial charge in [0.25, 0.3) is 0 Å². The summed E-state index contributed by atoms with van der Waals surface area (Å²) in [6.07, 6.45) is 0.0346. The summed E-state index contributed by atoms with van der Waals surface area (Å²) in [6.45, 7) is 3.70. The maximum atomic E-state index is 12.7. The molecule has 176 valence electrons. The highest BCUT2D eigenvalue weighted by Gasteiger charge is 2.33. The van der Waals surface area contributed by atoms with Gasteiger partial charge in [-0.15, -0.1) is 0 Å². The molecule has 3 amide bonds. The third kappa shape index (κ3) is 6.76. The summed E-state index contributed by atoms with van der Waals surface area (Å²) in [4.78, 5) is 48.7. The van der Waals surface area contributed by atoms with Crippen molar-refractivity contribution >= 4 is 33.7 Å². The van der Waals surface area contributed by atoms with Gasteiger partial charge in [0.05, 0.1) is 17.4 Å². The van der Waals surface area contributed by atoms with Crippen LogP contribution in [0.5, 0.6) is 0 Å². The van der Waals surface area contributed by atoms with Crippen LogP contribution in [-0.4, -0.2) is 67.3 Å². The summed E-state index contributed by atoms with van der Waals surface area (Å²) in [7, 11) is -3.87. The van der Waals surface area contributed by atoms with Gasteiger partial charge in [-0.3, -0.25) is 14.4 Å². The van der Waals surface area contributed by atoms with Gasteiger partial charge in [0.1, 0.15) is 6.04 Å². The maximum absolute atomic E-state index is 12.7. The second kappa shape index (κ2) is 10.6. The minimum Gasteiger partial charge on any atom is -0.480 e. The van der Waals surface area contributed by atoms with Crippen LogP contribution in [0.2, 0.25) is 0 Å². The zero-order valence-electron chi connectivity index (χ0n) is 17.9. The van der Waals surface area contributed by atoms with Crippen LogP contribution in [0.3, 0.4) is 0 Å². The van der Waals surface area contributed by atoms with Crippen molar-refractivity contribution in [2.45, 2.75) is 50.1 Å². The van der Waals surface area contributed by atoms with E-state index in [-0.39, 0.29) is 30.8 Å². The summed E-state index contributed by atoms with van der Waals surface area (Å²) >= 11 is 0. The Morgan fingerprint density at radius 3 is 2.22 bits per heavy atom. The van der Waals surface area contributed by atoms with E-state index < -0.39 is 58.1 Å². The largest absolute Gasteiger partial charge is 0.480 e. The molecule has 0 aliphatic carbocycles. The van der Waals surface area contributed by atoms with Crippen LogP contribution in [-0.2, 0) is 29.2 Å². The first-order chi connectivity index (χ1) is 14.9. The van der Waals surface area contributed by atoms with Crippen LogP contribution in [0.15, 0.2) is 29.2 Å². The first-order valence-electron chi connectivity index (χ1n) is 10.1. The molecule has 0 bridgehead atoms. The summed E-state index contributed by atoms with van der Waals surface area (Å²) in [6, 6.07) is 3.84. The van der Waals surface area contributed by atoms with Crippen molar-refractivity contribution in [1.82, 2.24) is 14.9 Å². The summed E-state index contributed by atoms with van der Waals surface area (Å²) < 4.78 is 27.4. The van der Waals surface area contributed by atoms with Gasteiger partial charge in [-0.2, -0.15) is 4.72 Å². The molecule has 12 heteroatoms. The number of carbonyl (C=O) groups is 4. The predicted octanol–water partition coefficient (Wildman–Crippen LogP) is -0.655. The highest BCUT2D eigenvalue weighted by Crippen LogP contribution is 2.19. The Morgan fingerprint density at radius 1 is 1.16 bits per heavy atom. The molecule has 0 saturated carbocycles. The van der Waals surface area contributed by atoms with Crippen LogP contribution < -0.4 is 15.8 Å². The Morgan fingerprint density at radius 2 is 1.72 bits per heavy atom. The Kier molecular flexibility index (Phi) is 8.33. The van der Waals surface area contributed by atoms with Crippen molar-refractivity contribution in [2.24, 2.45) is 11.7 Å². The maximum Gasteiger partial charge on any atom is 0.326 e. The smallest absolute Gasteiger partial charge is 0.326 e. The summed E-state index contributed by atoms with van der Waals surface area (Å²) in [5.41, 5.74) is 5.91. The number of carboxylic acid groups (broad SMARTS) is 1. The number of nitrogens with zero attached hydrogens (tertiary/aromatic N) is 1. The molecule has 5 N–H and O–H groups in total. The van der Waals surface area contributed by atoms with Crippen LogP contribution in [0.25, 0.3) is 0 Å². The van der Waals surface area contributed by atoms with E-state index >= 15 is 0 Å². The van der Waals surface area contributed by atoms with E-state index in [9.17, 15) is 27.6 Å². The first kappa shape index (κ1) is 25.3. The summed E-state index contributed by atoms with van der Waals surface area (Å²) in [5.74, 6) is -3.69. The lowest BCUT2D eigenvalue weighted by Crippen LogP contribution is -2.51. The standard InChI is InChI=1S/C20H28N4O7S/c1-12-3-5-15(6-4-12)32(30,31)23-13(2)19(27)24-9-7-14(8-10-24)18(26)22-16(20(28)29)11-17(21)25/h3-6,13-14,16,23H,7-11H2,1-2H3,(H2,21,25)(H,22,26)(H,28,29). The fraction of sp³-hybridized carbons (Fsp3) is 0.500. The topological polar surface area (TPSA) is 176 Å². The number of hydrogen-bond acceptors (Lipinski definition) is 6. The number of hydrogen-bond donors (Lipinski definition) is 4. The van der Waals surface area contributed by atoms with E-state index in [2.05, 4.69) is 10.0 Å². The number of aliphatic carboxylic acids is 1. The van der Waals surface area contributed by atoms with Crippen LogP contribution in [0.4, 0.5) is 0 Å². The van der Waals surface area contributed by atoms with Crippen molar-refractivity contribution in [3.63, 3.8) is 0 Å². The second-order valence-corrected chi connectivity index (χ2v) is 9.54. The van der Waals surface area contributed by atoms with Gasteiger partial charge in [-0.1, -0.05) is 17.7 Å². The fourth-order valence-corrected chi connectivity index (χ4v) is 4.59. The molecule has 1 aromatic carbocycles. The van der Waals surface area contributed by atoms with Gasteiger partial charge in [0, 0.05) is 19.0 Å². The van der Waals surface area contributed by atoms with Crippen molar-refractivity contribution < 1.29 is 32.7 Å². The number of amides is 3. The van der Waals surface area contributed by atoms with E-state index in [1.54, 1.807) is 12.1 Å². The number of aryl methyl sites for hydroxylation is 1. The predicted molar refractivity (Wildman–Crippen MR) is 114 cm³/mol. The number of carboxylic acids is 1. The lowest BCUT2D eigenvalue weighted by molar-refractivity contribution is -0.144. The number of carbonyl (C=O) groups excluding carboxylic acids is 3. The third-order valence-electron chi connectivity index (χ3n) is 5.23. The fourth-order valence-electron chi connectivity index (χ4n) is 3.40. The molecule has 1 saturated heterocycles. The molecule has 0 spiro atoms. The molecule has 0 radical (unpaired) electrons. The molecule has 1 heterocycles. The molecule has 32 heavy (non-hydrogen) atoms. The molecule has 1 aliphatic rings. The SMILES string of the molecule is Cc1ccc(S(=O)(=O)NC(C)C(=O)N2CCC(C(=O)NC(CC(N)=O)C(=O)O)CC2)cc1. The van der Waals surface area contributed by atoms with Gasteiger partial charge in [0.15, 0.2) is 0 Å². The first-order valence-corrected chi connectivity index (χ1v) is 11.6. The van der Waals surface area contributed by atoms with Crippen molar-refractivity contribution in [2.75, 3.05) is 13.1 Å². The van der Waals surface area contributed by atoms with Crippen molar-refractivity contribution in [3.8, 4) is 0 Å². The van der Waals surface area contributed by atoms with E-state index in [0.29, 0.717) is 0 Å². The highest BCUT2D eigenvalue weighted by atomic mass is 32.2. The number of nitrogens with two attached hydrogens (primary N) is 1. The van der Waals surface area contributed by atoms with Gasteiger partial charge in [0.2, 0.25) is 27.7 Å². The average molecular weight is 469 g/mol. The Hall–Kier alpha value is -2.99. The number of primary amides is 1. The minimum atomic E-state index is -3.87. The zero-order chi connectivity index (χ0) is 24.1. The van der Waals surface area contributed by atoms with Crippen LogP contribution in [0, 0.1) is 12.8 Å². The summed E-state index contributed by atoms with van der Waals surface area (Å²) in [5, 5.41) is 11.4. The van der Waals surface area contributed by atoms with Crippen molar-refractivity contribution in [3.05, 3.63) is 29.8 Å². The van der Waals surface area contributed by atoms with E-state index in [4.69, 9.17) is 10.8 Å². The molecule has 2 atom stereocenters. The zero-order valence-corrected chi connectivity index (χ0v) is 18.7. The molecule has 1 aliphatic heterocycles. The number of piperidine rings is 1. The Bertz CT molecular complexity index is 970. The number of benzene rings is 1. The molecule has 1 aromatic rings. The second-order valence-electron chi connectivity index (χ2n) is 7.83. The molecule has 11 nitrogen and oxygen atoms in total. The minimum absolute atomic E-state index is 0.0575. The molecular formula is C20H28N4O7S. The molecule has 0 aromatic heterocycles. The van der Waals surface area contributed by atoms with Crippen molar-refractivity contribution in [1.29, 1.82) is 0 Å². The quantitative estimate of drug-likeness (QED) is 0.372. The van der Waals surface area contributed by atoms with Gasteiger partial charge in [-0.25, -0.2) is 13.2 Å². The van der Waals surface area contributed by atoms with Gasteiger partial charge in [-0.05, 0) is 38.8 Å². The lowest BCUT2D eigenvalue weighted by atomic mass is 9.95. The van der Waals surface area contributed by atoms with Crippen LogP contribution in [0.1, 0.15) is 31.7 Å². The van der Waals surface area contributed by atoms with E-state index in [1.165, 1.54) is 24.0 Å². The highest BCUT2D eigenvalue weighted by molar-refractivity contribution is 7.89. The number of nitrogens with one attached hydrogen (secondary N) is 2. The number of likely N-dealkylation sites (tertiary alicyclic amines) is 1. The average Bonchev–Trinajstić information content (AvgIpc) is 2.72. The normalized spacial score (nSPS) is 16.8. The molecular weight excluding hydrogens is 440 g/mol. The monoisotopic (exact) mass is 468 g/mol. The lowest BCUT2D eigenvalue weighted by Gasteiger charge is -2.33.